The largest absolute Gasteiger partial charge is 0.394 e. The molecule has 0 aromatic rings. The van der Waals surface area contributed by atoms with Gasteiger partial charge in [0.2, 0.25) is 0 Å². The summed E-state index contributed by atoms with van der Waals surface area (Å²) in [7, 11) is 1.25. The molecule has 0 aromatic carbocycles. The Labute approximate surface area is 76.0 Å². The van der Waals surface area contributed by atoms with E-state index in [0.717, 1.165) is 0 Å². The van der Waals surface area contributed by atoms with Crippen molar-refractivity contribution in [3.05, 3.63) is 0 Å². The van der Waals surface area contributed by atoms with Crippen molar-refractivity contribution in [2.45, 2.75) is 24.4 Å². The second-order valence-corrected chi connectivity index (χ2v) is 2.69. The Morgan fingerprint density at radius 2 is 1.54 bits per heavy atom. The third-order valence-corrected chi connectivity index (χ3v) is 1.79. The molecular formula is C7H16O6. The number of ether oxygens (including phenoxy) is 1. The molecule has 80 valence electrons. The summed E-state index contributed by atoms with van der Waals surface area (Å²) in [5.41, 5.74) is 0. The standard InChI is InChI=1S/C7H16O6/c1-13-5(3-9)7(12)6(11)4(10)2-8/h4-12H,2-3H2,1H3/t4-,5-,6-,7-/m1/s1. The first kappa shape index (κ1) is 12.8. The maximum atomic E-state index is 9.27. The number of aliphatic hydroxyl groups is 5. The summed E-state index contributed by atoms with van der Waals surface area (Å²) < 4.78 is 4.62. The van der Waals surface area contributed by atoms with E-state index in [1.54, 1.807) is 0 Å². The summed E-state index contributed by atoms with van der Waals surface area (Å²) in [5.74, 6) is 0. The van der Waals surface area contributed by atoms with Crippen molar-refractivity contribution in [1.82, 2.24) is 0 Å². The van der Waals surface area contributed by atoms with Crippen LogP contribution in [0, 0.1) is 0 Å². The summed E-state index contributed by atoms with van der Waals surface area (Å²) in [5, 5.41) is 44.5. The van der Waals surface area contributed by atoms with Crippen LogP contribution in [0.4, 0.5) is 0 Å². The molecule has 5 N–H and O–H groups in total. The van der Waals surface area contributed by atoms with Crippen LogP contribution >= 0.6 is 0 Å². The zero-order chi connectivity index (χ0) is 10.4. The Bertz CT molecular complexity index is 126. The van der Waals surface area contributed by atoms with Crippen molar-refractivity contribution in [1.29, 1.82) is 0 Å². The van der Waals surface area contributed by atoms with E-state index < -0.39 is 37.6 Å². The van der Waals surface area contributed by atoms with Crippen molar-refractivity contribution in [3.63, 3.8) is 0 Å². The zero-order valence-electron chi connectivity index (χ0n) is 7.37. The molecule has 0 aliphatic carbocycles. The van der Waals surface area contributed by atoms with Gasteiger partial charge in [0, 0.05) is 7.11 Å². The lowest BCUT2D eigenvalue weighted by Gasteiger charge is -2.26. The van der Waals surface area contributed by atoms with Crippen LogP contribution in [-0.2, 0) is 4.74 Å². The van der Waals surface area contributed by atoms with E-state index in [0.29, 0.717) is 0 Å². The third kappa shape index (κ3) is 3.55. The molecule has 0 rings (SSSR count). The van der Waals surface area contributed by atoms with Gasteiger partial charge in [-0.1, -0.05) is 0 Å². The molecule has 0 unspecified atom stereocenters. The highest BCUT2D eigenvalue weighted by Crippen LogP contribution is 2.06. The van der Waals surface area contributed by atoms with E-state index in [9.17, 15) is 5.11 Å². The molecule has 0 aromatic heterocycles. The van der Waals surface area contributed by atoms with E-state index in [1.165, 1.54) is 7.11 Å². The third-order valence-electron chi connectivity index (χ3n) is 1.79. The highest BCUT2D eigenvalue weighted by Gasteiger charge is 2.30. The van der Waals surface area contributed by atoms with Crippen LogP contribution in [0.15, 0.2) is 0 Å². The van der Waals surface area contributed by atoms with Gasteiger partial charge in [-0.15, -0.1) is 0 Å². The number of methoxy groups -OCH3 is 1. The Balaban J connectivity index is 4.13. The van der Waals surface area contributed by atoms with E-state index in [1.807, 2.05) is 0 Å². The van der Waals surface area contributed by atoms with Gasteiger partial charge in [-0.2, -0.15) is 0 Å². The van der Waals surface area contributed by atoms with Gasteiger partial charge in [-0.25, -0.2) is 0 Å². The first-order chi connectivity index (χ1) is 6.08. The van der Waals surface area contributed by atoms with Crippen LogP contribution in [0.5, 0.6) is 0 Å². The van der Waals surface area contributed by atoms with E-state index in [-0.39, 0.29) is 0 Å². The molecule has 0 aliphatic heterocycles. The van der Waals surface area contributed by atoms with Crippen LogP contribution < -0.4 is 0 Å². The van der Waals surface area contributed by atoms with Gasteiger partial charge in [0.05, 0.1) is 13.2 Å². The summed E-state index contributed by atoms with van der Waals surface area (Å²) in [4.78, 5) is 0. The van der Waals surface area contributed by atoms with Crippen LogP contribution in [-0.4, -0.2) is 70.3 Å². The first-order valence-electron chi connectivity index (χ1n) is 3.87. The van der Waals surface area contributed by atoms with Gasteiger partial charge in [0.15, 0.2) is 0 Å². The Morgan fingerprint density at radius 1 is 1.00 bits per heavy atom. The molecule has 0 saturated carbocycles. The van der Waals surface area contributed by atoms with Crippen molar-refractivity contribution in [2.75, 3.05) is 20.3 Å². The van der Waals surface area contributed by atoms with Gasteiger partial charge >= 0.3 is 0 Å². The molecule has 0 saturated heterocycles. The quantitative estimate of drug-likeness (QED) is 0.311. The average Bonchev–Trinajstić information content (AvgIpc) is 2.17. The second kappa shape index (κ2) is 6.25. The van der Waals surface area contributed by atoms with Gasteiger partial charge in [0.1, 0.15) is 24.4 Å². The first-order valence-corrected chi connectivity index (χ1v) is 3.87. The van der Waals surface area contributed by atoms with E-state index >= 15 is 0 Å². The minimum absolute atomic E-state index is 0.479. The van der Waals surface area contributed by atoms with Crippen molar-refractivity contribution in [2.24, 2.45) is 0 Å². The molecule has 0 fully saturated rings. The minimum atomic E-state index is -1.54. The highest BCUT2D eigenvalue weighted by molar-refractivity contribution is 4.80. The lowest BCUT2D eigenvalue weighted by atomic mass is 10.0. The lowest BCUT2D eigenvalue weighted by molar-refractivity contribution is -0.132. The van der Waals surface area contributed by atoms with Crippen molar-refractivity contribution < 1.29 is 30.3 Å². The van der Waals surface area contributed by atoms with E-state index in [4.69, 9.17) is 20.4 Å². The predicted octanol–water partition coefficient (Wildman–Crippen LogP) is -2.93. The maximum absolute atomic E-state index is 9.27. The van der Waals surface area contributed by atoms with Crippen LogP contribution in [0.1, 0.15) is 0 Å². The fourth-order valence-electron chi connectivity index (χ4n) is 0.877. The summed E-state index contributed by atoms with van der Waals surface area (Å²) in [6.45, 7) is -1.15. The molecule has 0 aliphatic rings. The molecule has 0 spiro atoms. The van der Waals surface area contributed by atoms with Crippen LogP contribution in [0.3, 0.4) is 0 Å². The number of rotatable bonds is 6. The average molecular weight is 196 g/mol. The zero-order valence-corrected chi connectivity index (χ0v) is 7.37. The van der Waals surface area contributed by atoms with Gasteiger partial charge < -0.3 is 30.3 Å². The lowest BCUT2D eigenvalue weighted by Crippen LogP contribution is -2.47. The van der Waals surface area contributed by atoms with Crippen molar-refractivity contribution in [3.8, 4) is 0 Å². The topological polar surface area (TPSA) is 110 Å². The van der Waals surface area contributed by atoms with E-state index in [2.05, 4.69) is 4.74 Å². The number of hydrogen-bond acceptors (Lipinski definition) is 6. The number of hydrogen-bond donors (Lipinski definition) is 5. The molecular weight excluding hydrogens is 180 g/mol. The fourth-order valence-corrected chi connectivity index (χ4v) is 0.877. The maximum Gasteiger partial charge on any atom is 0.111 e. The van der Waals surface area contributed by atoms with Gasteiger partial charge in [-0.05, 0) is 0 Å². The van der Waals surface area contributed by atoms with Crippen LogP contribution in [0.25, 0.3) is 0 Å². The molecule has 6 nitrogen and oxygen atoms in total. The molecule has 0 amide bonds. The Kier molecular flexibility index (Phi) is 6.13. The van der Waals surface area contributed by atoms with Crippen molar-refractivity contribution >= 4 is 0 Å². The smallest absolute Gasteiger partial charge is 0.111 e. The SMILES string of the molecule is CO[C@H](CO)[C@@H](O)[C@H](O)[C@H](O)CO. The highest BCUT2D eigenvalue weighted by atomic mass is 16.5. The predicted molar refractivity (Wildman–Crippen MR) is 43.0 cm³/mol. The monoisotopic (exact) mass is 196 g/mol. The summed E-state index contributed by atoms with van der Waals surface area (Å²) >= 11 is 0. The normalized spacial score (nSPS) is 20.8. The molecule has 0 bridgehead atoms. The van der Waals surface area contributed by atoms with Gasteiger partial charge in [-0.3, -0.25) is 0 Å². The Hall–Kier alpha value is -0.240. The summed E-state index contributed by atoms with van der Waals surface area (Å²) in [6.07, 6.45) is -5.39. The summed E-state index contributed by atoms with van der Waals surface area (Å²) in [6, 6.07) is 0. The molecule has 13 heavy (non-hydrogen) atoms. The molecule has 0 heterocycles. The second-order valence-electron chi connectivity index (χ2n) is 2.69. The van der Waals surface area contributed by atoms with Gasteiger partial charge in [0.25, 0.3) is 0 Å². The minimum Gasteiger partial charge on any atom is -0.394 e. The molecule has 0 radical (unpaired) electrons. The number of aliphatic hydroxyl groups excluding tert-OH is 5. The Morgan fingerprint density at radius 3 is 1.85 bits per heavy atom. The molecule has 6 heteroatoms. The fraction of sp³-hybridized carbons (Fsp3) is 1.00. The molecule has 4 atom stereocenters. The van der Waals surface area contributed by atoms with Crippen LogP contribution in [0.2, 0.25) is 0 Å².